The van der Waals surface area contributed by atoms with Crippen molar-refractivity contribution in [2.45, 2.75) is 31.1 Å². The zero-order chi connectivity index (χ0) is 43.7. The average molecular weight is 868 g/mol. The van der Waals surface area contributed by atoms with Gasteiger partial charge in [0.15, 0.2) is 0 Å². The standard InChI is InChI=1S/C53H43NO7P2/c1-34-32-37(24-30-46(34)55)52(2,62(57)50-18-10-6-14-43(50)41-12-4-8-16-48(41)60-62)35-20-26-39(27-21-35)59-40-28-22-36(23-29-40)53(3,38-25-31-47(56)45(54)33-38)63(58)51-19-11-7-15-44(51)42-13-5-9-17-49(42)61-63/h4-33,55-56H,54H2,1-3H3. The highest BCUT2D eigenvalue weighted by Crippen LogP contribution is 2.70. The van der Waals surface area contributed by atoms with E-state index in [2.05, 4.69) is 0 Å². The van der Waals surface area contributed by atoms with Gasteiger partial charge in [0.05, 0.1) is 16.3 Å². The fourth-order valence-electron chi connectivity index (χ4n) is 9.15. The van der Waals surface area contributed by atoms with Crippen LogP contribution in [0.5, 0.6) is 34.5 Å². The Labute approximate surface area is 366 Å². The van der Waals surface area contributed by atoms with Crippen molar-refractivity contribution in [3.05, 3.63) is 210 Å². The minimum atomic E-state index is -3.85. The summed E-state index contributed by atoms with van der Waals surface area (Å²) in [7, 11) is -7.66. The molecule has 0 aliphatic carbocycles. The third-order valence-electron chi connectivity index (χ3n) is 12.8. The summed E-state index contributed by atoms with van der Waals surface area (Å²) in [5, 5.41) is 19.7. The van der Waals surface area contributed by atoms with E-state index < -0.39 is 25.0 Å². The Bertz CT molecular complexity index is 2990. The number of anilines is 1. The lowest BCUT2D eigenvalue weighted by molar-refractivity contribution is 0.459. The smallest absolute Gasteiger partial charge is 0.292 e. The van der Waals surface area contributed by atoms with Crippen LogP contribution in [0.2, 0.25) is 0 Å². The van der Waals surface area contributed by atoms with Crippen molar-refractivity contribution in [2.24, 2.45) is 0 Å². The van der Waals surface area contributed by atoms with Crippen molar-refractivity contribution in [1.82, 2.24) is 0 Å². The van der Waals surface area contributed by atoms with E-state index >= 15 is 9.13 Å². The quantitative estimate of drug-likeness (QED) is 0.0782. The normalized spacial score (nSPS) is 19.0. The van der Waals surface area contributed by atoms with Gasteiger partial charge in [0.25, 0.3) is 14.7 Å². The first-order valence-corrected chi connectivity index (χ1v) is 23.9. The molecule has 0 saturated carbocycles. The lowest BCUT2D eigenvalue weighted by Gasteiger charge is -2.41. The molecule has 0 amide bonds. The number of nitrogen functional groups attached to an aromatic ring is 1. The van der Waals surface area contributed by atoms with Crippen molar-refractivity contribution < 1.29 is 33.1 Å². The number of fused-ring (bicyclic) bond motifs is 6. The van der Waals surface area contributed by atoms with Gasteiger partial charge >= 0.3 is 0 Å². The van der Waals surface area contributed by atoms with Crippen molar-refractivity contribution in [3.63, 3.8) is 0 Å². The number of phenolic OH excluding ortho intramolecular Hbond substituents is 2. The molecule has 0 spiro atoms. The van der Waals surface area contributed by atoms with Gasteiger partial charge in [0, 0.05) is 11.1 Å². The molecule has 0 bridgehead atoms. The van der Waals surface area contributed by atoms with Crippen molar-refractivity contribution >= 4 is 31.0 Å². The molecule has 10 rings (SSSR count). The van der Waals surface area contributed by atoms with E-state index in [0.29, 0.717) is 50.3 Å². The van der Waals surface area contributed by atoms with E-state index in [1.54, 1.807) is 18.2 Å². The Hall–Kier alpha value is -6.98. The molecule has 2 aliphatic rings. The monoisotopic (exact) mass is 867 g/mol. The maximum atomic E-state index is 16.0. The second-order valence-electron chi connectivity index (χ2n) is 16.4. The molecular weight excluding hydrogens is 825 g/mol. The summed E-state index contributed by atoms with van der Waals surface area (Å²) in [5.74, 6) is 2.20. The predicted molar refractivity (Wildman–Crippen MR) is 251 cm³/mol. The van der Waals surface area contributed by atoms with Gasteiger partial charge in [-0.3, -0.25) is 9.13 Å². The summed E-state index contributed by atoms with van der Waals surface area (Å²) in [6.45, 7) is 5.66. The number of para-hydroxylation sites is 2. The molecule has 0 saturated heterocycles. The van der Waals surface area contributed by atoms with Crippen LogP contribution in [0.15, 0.2) is 182 Å². The average Bonchev–Trinajstić information content (AvgIpc) is 3.31. The summed E-state index contributed by atoms with van der Waals surface area (Å²) in [6, 6.07) is 55.7. The number of rotatable bonds is 8. The van der Waals surface area contributed by atoms with Gasteiger partial charge in [-0.15, -0.1) is 0 Å². The Morgan fingerprint density at radius 2 is 0.857 bits per heavy atom. The molecule has 4 atom stereocenters. The zero-order valence-electron chi connectivity index (χ0n) is 34.7. The molecule has 4 N–H and O–H groups in total. The van der Waals surface area contributed by atoms with E-state index in [1.165, 1.54) is 6.07 Å². The van der Waals surface area contributed by atoms with Crippen LogP contribution in [0, 0.1) is 6.92 Å². The fourth-order valence-corrected chi connectivity index (χ4v) is 15.1. The van der Waals surface area contributed by atoms with E-state index in [0.717, 1.165) is 33.4 Å². The fraction of sp³-hybridized carbons (Fsp3) is 0.0943. The molecule has 63 heavy (non-hydrogen) atoms. The van der Waals surface area contributed by atoms with Crippen LogP contribution in [0.1, 0.15) is 41.7 Å². The van der Waals surface area contributed by atoms with Crippen LogP contribution in [0.25, 0.3) is 22.3 Å². The van der Waals surface area contributed by atoms with E-state index in [-0.39, 0.29) is 17.2 Å². The Kier molecular flexibility index (Phi) is 9.45. The van der Waals surface area contributed by atoms with Gasteiger partial charge in [0.2, 0.25) is 0 Å². The first-order valence-electron chi connectivity index (χ1n) is 20.6. The molecule has 0 radical (unpaired) electrons. The molecule has 0 aromatic heterocycles. The topological polar surface area (TPSA) is 128 Å². The van der Waals surface area contributed by atoms with Crippen LogP contribution in [0.3, 0.4) is 0 Å². The van der Waals surface area contributed by atoms with E-state index in [4.69, 9.17) is 19.5 Å². The van der Waals surface area contributed by atoms with Gasteiger partial charge in [0.1, 0.15) is 44.8 Å². The first kappa shape index (κ1) is 40.1. The van der Waals surface area contributed by atoms with Crippen molar-refractivity contribution in [1.29, 1.82) is 0 Å². The predicted octanol–water partition coefficient (Wildman–Crippen LogP) is 12.6. The highest BCUT2D eigenvalue weighted by molar-refractivity contribution is 7.69. The SMILES string of the molecule is Cc1cc(C(C)(c2ccc(Oc3ccc(C(C)(c4ccc(O)c(N)c4)P4(=O)Oc5ccccc5-c5ccccc54)cc3)cc2)P2(=O)Oc3ccccc3-c3ccccc32)ccc1O. The highest BCUT2D eigenvalue weighted by Gasteiger charge is 2.55. The highest BCUT2D eigenvalue weighted by atomic mass is 31.2. The van der Waals surface area contributed by atoms with Gasteiger partial charge in [-0.1, -0.05) is 115 Å². The molecule has 10 heteroatoms. The summed E-state index contributed by atoms with van der Waals surface area (Å²) in [6.07, 6.45) is 0. The van der Waals surface area contributed by atoms with Gasteiger partial charge in [-0.25, -0.2) is 0 Å². The van der Waals surface area contributed by atoms with Crippen LogP contribution in [0.4, 0.5) is 5.69 Å². The van der Waals surface area contributed by atoms with Crippen LogP contribution in [-0.2, 0) is 19.4 Å². The van der Waals surface area contributed by atoms with Crippen LogP contribution in [-0.4, -0.2) is 10.2 Å². The first-order chi connectivity index (χ1) is 30.3. The number of benzene rings is 8. The largest absolute Gasteiger partial charge is 0.508 e. The van der Waals surface area contributed by atoms with Gasteiger partial charge in [-0.05, 0) is 126 Å². The van der Waals surface area contributed by atoms with Crippen LogP contribution < -0.4 is 30.1 Å². The third-order valence-corrected chi connectivity index (χ3v) is 19.2. The zero-order valence-corrected chi connectivity index (χ0v) is 36.5. The van der Waals surface area contributed by atoms with Gasteiger partial charge in [-0.2, -0.15) is 0 Å². The lowest BCUT2D eigenvalue weighted by Crippen LogP contribution is -2.34. The summed E-state index contributed by atoms with van der Waals surface area (Å²) >= 11 is 0. The molecule has 2 aliphatic heterocycles. The Morgan fingerprint density at radius 3 is 1.30 bits per heavy atom. The number of hydrogen-bond acceptors (Lipinski definition) is 8. The second-order valence-corrected chi connectivity index (χ2v) is 21.7. The summed E-state index contributed by atoms with van der Waals surface area (Å²) in [5.41, 5.74) is 13.3. The summed E-state index contributed by atoms with van der Waals surface area (Å²) < 4.78 is 51.7. The molecule has 8 aromatic rings. The number of hydrogen-bond donors (Lipinski definition) is 3. The van der Waals surface area contributed by atoms with Crippen LogP contribution >= 0.6 is 14.7 Å². The molecule has 312 valence electrons. The third kappa shape index (κ3) is 6.12. The number of ether oxygens (including phenoxy) is 1. The van der Waals surface area contributed by atoms with E-state index in [9.17, 15) is 10.2 Å². The minimum absolute atomic E-state index is 0.0725. The number of nitrogens with two attached hydrogens (primary N) is 1. The lowest BCUT2D eigenvalue weighted by atomic mass is 9.90. The maximum Gasteiger partial charge on any atom is 0.292 e. The second kappa shape index (κ2) is 14.8. The summed E-state index contributed by atoms with van der Waals surface area (Å²) in [4.78, 5) is 0. The molecular formula is C53H43NO7P2. The Morgan fingerprint density at radius 1 is 0.476 bits per heavy atom. The number of aromatic hydroxyl groups is 2. The molecule has 2 heterocycles. The van der Waals surface area contributed by atoms with Gasteiger partial charge < -0.3 is 29.7 Å². The van der Waals surface area contributed by atoms with Crippen molar-refractivity contribution in [3.8, 4) is 56.8 Å². The molecule has 0 fully saturated rings. The number of aryl methyl sites for hydroxylation is 1. The maximum absolute atomic E-state index is 16.0. The Balaban J connectivity index is 1.03. The molecule has 4 unspecified atom stereocenters. The van der Waals surface area contributed by atoms with E-state index in [1.807, 2.05) is 178 Å². The number of phenols is 2. The molecule has 8 nitrogen and oxygen atoms in total. The van der Waals surface area contributed by atoms with Crippen molar-refractivity contribution in [2.75, 3.05) is 5.73 Å². The minimum Gasteiger partial charge on any atom is -0.508 e. The molecule has 8 aromatic carbocycles.